The van der Waals surface area contributed by atoms with Crippen LogP contribution in [-0.2, 0) is 13.9 Å². The maximum absolute atomic E-state index is 11.6. The number of phosphoric acid groups is 1. The standard InChI is InChI=1S/C8H15ClNO5P/c1-4-10(5-2)8(11)7(9)6(3)15-16(12,13)14/h4-5H2,1-3H3,(H2,12,13,14). The lowest BCUT2D eigenvalue weighted by molar-refractivity contribution is -0.126. The zero-order chi connectivity index (χ0) is 12.9. The first kappa shape index (κ1) is 15.4. The van der Waals surface area contributed by atoms with Crippen molar-refractivity contribution in [3.05, 3.63) is 10.8 Å². The molecule has 0 rings (SSSR count). The molecule has 0 aliphatic rings. The predicted molar refractivity (Wildman–Crippen MR) is 59.6 cm³/mol. The number of nitrogens with zero attached hydrogens (tertiary/aromatic N) is 1. The molecule has 0 fully saturated rings. The average Bonchev–Trinajstić information content (AvgIpc) is 2.15. The van der Waals surface area contributed by atoms with Crippen molar-refractivity contribution in [2.24, 2.45) is 0 Å². The van der Waals surface area contributed by atoms with Crippen molar-refractivity contribution in [2.45, 2.75) is 20.8 Å². The monoisotopic (exact) mass is 271 g/mol. The van der Waals surface area contributed by atoms with Crippen LogP contribution in [0.15, 0.2) is 10.8 Å². The van der Waals surface area contributed by atoms with Gasteiger partial charge in [0.25, 0.3) is 5.91 Å². The minimum Gasteiger partial charge on any atom is -0.407 e. The first-order valence-corrected chi connectivity index (χ1v) is 6.54. The van der Waals surface area contributed by atoms with Gasteiger partial charge in [-0.05, 0) is 20.8 Å². The third kappa shape index (κ3) is 4.99. The largest absolute Gasteiger partial charge is 0.524 e. The first-order valence-electron chi connectivity index (χ1n) is 4.63. The Kier molecular flexibility index (Phi) is 6.04. The lowest BCUT2D eigenvalue weighted by Gasteiger charge is -2.19. The van der Waals surface area contributed by atoms with Gasteiger partial charge >= 0.3 is 7.82 Å². The highest BCUT2D eigenvalue weighted by molar-refractivity contribution is 7.46. The normalized spacial score (nSPS) is 13.1. The van der Waals surface area contributed by atoms with Gasteiger partial charge in [-0.3, -0.25) is 14.6 Å². The lowest BCUT2D eigenvalue weighted by atomic mass is 10.4. The van der Waals surface area contributed by atoms with Crippen molar-refractivity contribution in [2.75, 3.05) is 13.1 Å². The summed E-state index contributed by atoms with van der Waals surface area (Å²) in [7, 11) is -4.68. The van der Waals surface area contributed by atoms with E-state index in [0.29, 0.717) is 13.1 Å². The highest BCUT2D eigenvalue weighted by atomic mass is 35.5. The Morgan fingerprint density at radius 3 is 2.12 bits per heavy atom. The molecule has 0 aromatic carbocycles. The summed E-state index contributed by atoms with van der Waals surface area (Å²) < 4.78 is 14.8. The molecule has 0 aliphatic carbocycles. The Morgan fingerprint density at radius 2 is 1.81 bits per heavy atom. The highest BCUT2D eigenvalue weighted by Crippen LogP contribution is 2.40. The second-order valence-electron chi connectivity index (χ2n) is 2.93. The number of hydrogen-bond donors (Lipinski definition) is 2. The molecule has 6 nitrogen and oxygen atoms in total. The Labute approximate surface area is 99.1 Å². The minimum atomic E-state index is -4.68. The van der Waals surface area contributed by atoms with Crippen LogP contribution in [0.1, 0.15) is 20.8 Å². The molecule has 0 bridgehead atoms. The maximum Gasteiger partial charge on any atom is 0.524 e. The maximum atomic E-state index is 11.6. The summed E-state index contributed by atoms with van der Waals surface area (Å²) in [4.78, 5) is 30.1. The number of hydrogen-bond acceptors (Lipinski definition) is 3. The summed E-state index contributed by atoms with van der Waals surface area (Å²) in [5.41, 5.74) is 0. The first-order chi connectivity index (χ1) is 7.22. The molecule has 0 radical (unpaired) electrons. The molecule has 2 N–H and O–H groups in total. The molecule has 0 aliphatic heterocycles. The summed E-state index contributed by atoms with van der Waals surface area (Å²) in [6.07, 6.45) is 0. The van der Waals surface area contributed by atoms with E-state index in [-0.39, 0.29) is 10.8 Å². The molecule has 16 heavy (non-hydrogen) atoms. The van der Waals surface area contributed by atoms with Gasteiger partial charge in [0.15, 0.2) is 0 Å². The number of likely N-dealkylation sites (N-methyl/N-ethyl adjacent to an activating group) is 1. The van der Waals surface area contributed by atoms with Crippen molar-refractivity contribution in [1.29, 1.82) is 0 Å². The molecule has 0 saturated heterocycles. The second-order valence-corrected chi connectivity index (χ2v) is 4.47. The van der Waals surface area contributed by atoms with E-state index >= 15 is 0 Å². The fourth-order valence-electron chi connectivity index (χ4n) is 1.02. The van der Waals surface area contributed by atoms with Gasteiger partial charge in [0.05, 0.1) is 0 Å². The molecule has 0 heterocycles. The highest BCUT2D eigenvalue weighted by Gasteiger charge is 2.22. The molecule has 0 atom stereocenters. The van der Waals surface area contributed by atoms with Crippen molar-refractivity contribution in [3.8, 4) is 0 Å². The number of carbonyl (C=O) groups excluding carboxylic acids is 1. The third-order valence-electron chi connectivity index (χ3n) is 1.80. The Hall–Kier alpha value is -0.550. The lowest BCUT2D eigenvalue weighted by Crippen LogP contribution is -2.31. The molecular weight excluding hydrogens is 257 g/mol. The summed E-state index contributed by atoms with van der Waals surface area (Å²) in [6.45, 7) is 5.67. The smallest absolute Gasteiger partial charge is 0.407 e. The van der Waals surface area contributed by atoms with Crippen molar-refractivity contribution < 1.29 is 23.7 Å². The molecule has 0 spiro atoms. The Balaban J connectivity index is 4.88. The molecule has 8 heteroatoms. The third-order valence-corrected chi connectivity index (χ3v) is 2.74. The number of allylic oxidation sites excluding steroid dienone is 1. The fourth-order valence-corrected chi connectivity index (χ4v) is 1.68. The van der Waals surface area contributed by atoms with Crippen molar-refractivity contribution in [1.82, 2.24) is 4.90 Å². The summed E-state index contributed by atoms with van der Waals surface area (Å²) in [5.74, 6) is -0.801. The summed E-state index contributed by atoms with van der Waals surface area (Å²) in [5, 5.41) is -0.327. The SMILES string of the molecule is CCN(CC)C(=O)C(Cl)=C(C)OP(=O)(O)O. The Bertz CT molecular complexity index is 333. The molecule has 1 amide bonds. The zero-order valence-electron chi connectivity index (χ0n) is 9.31. The van der Waals surface area contributed by atoms with Crippen molar-refractivity contribution in [3.63, 3.8) is 0 Å². The number of halogens is 1. The van der Waals surface area contributed by atoms with E-state index in [0.717, 1.165) is 0 Å². The van der Waals surface area contributed by atoms with Crippen LogP contribution >= 0.6 is 19.4 Å². The van der Waals surface area contributed by atoms with Crippen LogP contribution in [0.2, 0.25) is 0 Å². The van der Waals surface area contributed by atoms with Gasteiger partial charge in [-0.15, -0.1) is 0 Å². The number of phosphoric ester groups is 1. The second kappa shape index (κ2) is 6.25. The zero-order valence-corrected chi connectivity index (χ0v) is 11.0. The van der Waals surface area contributed by atoms with Gasteiger partial charge in [0, 0.05) is 13.1 Å². The molecule has 0 unspecified atom stereocenters. The predicted octanol–water partition coefficient (Wildman–Crippen LogP) is 1.43. The van der Waals surface area contributed by atoms with E-state index in [1.54, 1.807) is 13.8 Å². The van der Waals surface area contributed by atoms with E-state index < -0.39 is 13.7 Å². The minimum absolute atomic E-state index is 0.285. The van der Waals surface area contributed by atoms with Gasteiger partial charge in [-0.2, -0.15) is 0 Å². The van der Waals surface area contributed by atoms with Gasteiger partial charge in [-0.1, -0.05) is 11.6 Å². The molecule has 94 valence electrons. The number of carbonyl (C=O) groups is 1. The molecule has 0 aromatic heterocycles. The van der Waals surface area contributed by atoms with Crippen molar-refractivity contribution >= 4 is 25.3 Å². The van der Waals surface area contributed by atoms with Crippen LogP contribution in [0.3, 0.4) is 0 Å². The van der Waals surface area contributed by atoms with E-state index in [4.69, 9.17) is 21.4 Å². The number of amides is 1. The molecular formula is C8H15ClNO5P. The van der Waals surface area contributed by atoms with Gasteiger partial charge in [0.1, 0.15) is 10.8 Å². The Morgan fingerprint density at radius 1 is 1.38 bits per heavy atom. The fraction of sp³-hybridized carbons (Fsp3) is 0.625. The van der Waals surface area contributed by atoms with E-state index in [9.17, 15) is 9.36 Å². The van der Waals surface area contributed by atoms with Gasteiger partial charge in [-0.25, -0.2) is 4.57 Å². The van der Waals surface area contributed by atoms with Crippen LogP contribution < -0.4 is 0 Å². The van der Waals surface area contributed by atoms with E-state index in [1.807, 2.05) is 0 Å². The topological polar surface area (TPSA) is 87.1 Å². The van der Waals surface area contributed by atoms with Crippen LogP contribution in [0.5, 0.6) is 0 Å². The van der Waals surface area contributed by atoms with E-state index in [2.05, 4.69) is 4.52 Å². The number of rotatable bonds is 5. The summed E-state index contributed by atoms with van der Waals surface area (Å²) >= 11 is 5.66. The van der Waals surface area contributed by atoms with E-state index in [1.165, 1.54) is 11.8 Å². The van der Waals surface area contributed by atoms with Crippen LogP contribution in [0.25, 0.3) is 0 Å². The summed E-state index contributed by atoms with van der Waals surface area (Å²) in [6, 6.07) is 0. The van der Waals surface area contributed by atoms with Crippen LogP contribution in [0, 0.1) is 0 Å². The van der Waals surface area contributed by atoms with Gasteiger partial charge in [0.2, 0.25) is 0 Å². The van der Waals surface area contributed by atoms with Crippen LogP contribution in [0.4, 0.5) is 0 Å². The van der Waals surface area contributed by atoms with Crippen LogP contribution in [-0.4, -0.2) is 33.7 Å². The molecule has 0 aromatic rings. The average molecular weight is 272 g/mol. The quantitative estimate of drug-likeness (QED) is 0.449. The van der Waals surface area contributed by atoms with Gasteiger partial charge < -0.3 is 9.42 Å². The molecule has 0 saturated carbocycles.